The van der Waals surface area contributed by atoms with Gasteiger partial charge in [-0.3, -0.25) is 0 Å². The fourth-order valence-electron chi connectivity index (χ4n) is 3.66. The van der Waals surface area contributed by atoms with Crippen LogP contribution in [-0.2, 0) is 6.18 Å². The van der Waals surface area contributed by atoms with Gasteiger partial charge in [0.1, 0.15) is 23.8 Å². The van der Waals surface area contributed by atoms with Crippen LogP contribution in [0.25, 0.3) is 22.4 Å². The number of fused-ring (bicyclic) bond motifs is 2. The first-order valence-electron chi connectivity index (χ1n) is 9.54. The largest absolute Gasteiger partial charge is 0.489 e. The number of para-hydroxylation sites is 1. The highest BCUT2D eigenvalue weighted by Crippen LogP contribution is 2.43. The monoisotopic (exact) mass is 488 g/mol. The molecule has 0 atom stereocenters. The molecule has 2 aromatic carbocycles. The molecular weight excluding hydrogens is 473 g/mol. The Labute approximate surface area is 184 Å². The van der Waals surface area contributed by atoms with Gasteiger partial charge < -0.3 is 14.6 Å². The predicted octanol–water partition coefficient (Wildman–Crippen LogP) is 6.25. The van der Waals surface area contributed by atoms with E-state index in [1.807, 2.05) is 43.5 Å². The second-order valence-corrected chi connectivity index (χ2v) is 8.14. The normalized spacial score (nSPS) is 13.9. The number of hydrogen-bond donors (Lipinski definition) is 1. The van der Waals surface area contributed by atoms with Crippen LogP contribution in [0, 0.1) is 6.92 Å². The Morgan fingerprint density at radius 2 is 2.00 bits per heavy atom. The number of aryl methyl sites for hydroxylation is 1. The summed E-state index contributed by atoms with van der Waals surface area (Å²) in [6, 6.07) is 11.7. The van der Waals surface area contributed by atoms with E-state index in [4.69, 9.17) is 4.74 Å². The summed E-state index contributed by atoms with van der Waals surface area (Å²) in [4.78, 5) is 14.1. The number of pyridine rings is 1. The Kier molecular flexibility index (Phi) is 4.65. The molecular formula is C22H16BrF3N4O. The number of ether oxygens (including phenoxy) is 1. The van der Waals surface area contributed by atoms with Crippen LogP contribution in [0.3, 0.4) is 0 Å². The highest BCUT2D eigenvalue weighted by Gasteiger charge is 2.32. The number of H-pyrrole nitrogens is 1. The lowest BCUT2D eigenvalue weighted by Gasteiger charge is -2.31. The molecule has 3 heterocycles. The minimum absolute atomic E-state index is 0.274. The molecule has 158 valence electrons. The fraction of sp³-hybridized carbons (Fsp3) is 0.182. The van der Waals surface area contributed by atoms with Gasteiger partial charge in [-0.15, -0.1) is 0 Å². The van der Waals surface area contributed by atoms with Crippen molar-refractivity contribution in [1.29, 1.82) is 0 Å². The maximum atomic E-state index is 13.2. The first-order chi connectivity index (χ1) is 14.8. The average Bonchev–Trinajstić information content (AvgIpc) is 3.18. The third kappa shape index (κ3) is 3.52. The highest BCUT2D eigenvalue weighted by molar-refractivity contribution is 9.10. The van der Waals surface area contributed by atoms with E-state index >= 15 is 0 Å². The maximum absolute atomic E-state index is 13.2. The molecule has 1 aliphatic heterocycles. The van der Waals surface area contributed by atoms with Crippen molar-refractivity contribution >= 4 is 38.5 Å². The number of nitrogens with zero attached hydrogens (tertiary/aromatic N) is 3. The number of alkyl halides is 3. The van der Waals surface area contributed by atoms with E-state index in [-0.39, 0.29) is 4.47 Å². The lowest BCUT2D eigenvalue weighted by molar-refractivity contribution is -0.137. The summed E-state index contributed by atoms with van der Waals surface area (Å²) in [6.45, 7) is 3.06. The van der Waals surface area contributed by atoms with Crippen molar-refractivity contribution in [1.82, 2.24) is 15.0 Å². The number of imidazole rings is 1. The van der Waals surface area contributed by atoms with Gasteiger partial charge in [0.2, 0.25) is 0 Å². The molecule has 1 N–H and O–H groups in total. The van der Waals surface area contributed by atoms with Gasteiger partial charge in [-0.1, -0.05) is 12.1 Å². The molecule has 1 aliphatic rings. The zero-order chi connectivity index (χ0) is 21.8. The first kappa shape index (κ1) is 19.9. The van der Waals surface area contributed by atoms with Crippen LogP contribution < -0.4 is 9.64 Å². The van der Waals surface area contributed by atoms with E-state index in [0.717, 1.165) is 29.2 Å². The number of aromatic nitrogens is 3. The second-order valence-electron chi connectivity index (χ2n) is 7.29. The Bertz CT molecular complexity index is 1280. The first-order valence-corrected chi connectivity index (χ1v) is 10.3. The van der Waals surface area contributed by atoms with Gasteiger partial charge >= 0.3 is 6.18 Å². The number of aromatic amines is 1. The number of nitrogens with one attached hydrogen (secondary N) is 1. The predicted molar refractivity (Wildman–Crippen MR) is 116 cm³/mol. The van der Waals surface area contributed by atoms with E-state index in [1.165, 1.54) is 0 Å². The number of hydrogen-bond acceptors (Lipinski definition) is 4. The average molecular weight is 489 g/mol. The molecule has 0 amide bonds. The van der Waals surface area contributed by atoms with Crippen LogP contribution >= 0.6 is 15.9 Å². The van der Waals surface area contributed by atoms with Gasteiger partial charge in [0.15, 0.2) is 5.75 Å². The zero-order valence-corrected chi connectivity index (χ0v) is 17.9. The quantitative estimate of drug-likeness (QED) is 0.362. The van der Waals surface area contributed by atoms with Crippen LogP contribution in [0.4, 0.5) is 24.7 Å². The van der Waals surface area contributed by atoms with Gasteiger partial charge in [-0.2, -0.15) is 13.2 Å². The summed E-state index contributed by atoms with van der Waals surface area (Å²) in [5, 5.41) is 0. The van der Waals surface area contributed by atoms with Crippen LogP contribution in [0.2, 0.25) is 0 Å². The highest BCUT2D eigenvalue weighted by atomic mass is 79.9. The topological polar surface area (TPSA) is 54.0 Å². The standard InChI is InChI=1S/C22H16BrF3N4O/c1-12-5-6-18(27-11-12)30-7-8-31-20-14(3-2-4-17(20)30)21-28-16-10-13(22(24,25)26)9-15(23)19(16)29-21/h2-6,9-11H,7-8H2,1H3,(H,28,29). The molecule has 5 nitrogen and oxygen atoms in total. The molecule has 5 rings (SSSR count). The van der Waals surface area contributed by atoms with Gasteiger partial charge in [0.25, 0.3) is 0 Å². The molecule has 0 saturated carbocycles. The van der Waals surface area contributed by atoms with Crippen LogP contribution in [-0.4, -0.2) is 28.1 Å². The molecule has 0 saturated heterocycles. The molecule has 2 aromatic heterocycles. The number of halogens is 4. The van der Waals surface area contributed by atoms with Crippen molar-refractivity contribution in [2.75, 3.05) is 18.1 Å². The van der Waals surface area contributed by atoms with Crippen LogP contribution in [0.5, 0.6) is 5.75 Å². The molecule has 0 radical (unpaired) electrons. The third-order valence-corrected chi connectivity index (χ3v) is 5.75. The van der Waals surface area contributed by atoms with Gasteiger partial charge in [0.05, 0.1) is 28.9 Å². The van der Waals surface area contributed by atoms with Crippen molar-refractivity contribution < 1.29 is 17.9 Å². The maximum Gasteiger partial charge on any atom is 0.416 e. The van der Waals surface area contributed by atoms with E-state index in [1.54, 1.807) is 0 Å². The van der Waals surface area contributed by atoms with Gasteiger partial charge in [0, 0.05) is 10.7 Å². The summed E-state index contributed by atoms with van der Waals surface area (Å²) in [7, 11) is 0. The third-order valence-electron chi connectivity index (χ3n) is 5.14. The molecule has 0 fully saturated rings. The van der Waals surface area contributed by atoms with Crippen molar-refractivity contribution in [2.45, 2.75) is 13.1 Å². The molecule has 0 bridgehead atoms. The second kappa shape index (κ2) is 7.26. The SMILES string of the molecule is Cc1ccc(N2CCOc3c(-c4nc5c(Br)cc(C(F)(F)F)cc5[nH]4)cccc32)nc1. The molecule has 0 spiro atoms. The molecule has 4 aromatic rings. The van der Waals surface area contributed by atoms with E-state index < -0.39 is 11.7 Å². The lowest BCUT2D eigenvalue weighted by Crippen LogP contribution is -2.29. The Morgan fingerprint density at radius 3 is 2.74 bits per heavy atom. The van der Waals surface area contributed by atoms with E-state index in [9.17, 15) is 13.2 Å². The Balaban J connectivity index is 1.62. The summed E-state index contributed by atoms with van der Waals surface area (Å²) >= 11 is 3.22. The number of rotatable bonds is 2. The molecule has 31 heavy (non-hydrogen) atoms. The van der Waals surface area contributed by atoms with Gasteiger partial charge in [-0.05, 0) is 58.7 Å². The van der Waals surface area contributed by atoms with Crippen molar-refractivity contribution in [2.24, 2.45) is 0 Å². The van der Waals surface area contributed by atoms with Crippen molar-refractivity contribution in [3.8, 4) is 17.1 Å². The number of anilines is 2. The fourth-order valence-corrected chi connectivity index (χ4v) is 4.21. The zero-order valence-electron chi connectivity index (χ0n) is 16.3. The lowest BCUT2D eigenvalue weighted by atomic mass is 10.1. The Hall–Kier alpha value is -3.07. The van der Waals surface area contributed by atoms with Crippen molar-refractivity contribution in [3.05, 3.63) is 64.3 Å². The summed E-state index contributed by atoms with van der Waals surface area (Å²) in [5.41, 5.74) is 2.54. The summed E-state index contributed by atoms with van der Waals surface area (Å²) in [6.07, 6.45) is -2.64. The molecule has 9 heteroatoms. The van der Waals surface area contributed by atoms with Crippen LogP contribution in [0.15, 0.2) is 53.1 Å². The van der Waals surface area contributed by atoms with E-state index in [2.05, 4.69) is 35.8 Å². The van der Waals surface area contributed by atoms with Crippen LogP contribution in [0.1, 0.15) is 11.1 Å². The number of benzene rings is 2. The van der Waals surface area contributed by atoms with E-state index in [0.29, 0.717) is 41.3 Å². The molecule has 0 unspecified atom stereocenters. The minimum Gasteiger partial charge on any atom is -0.489 e. The summed E-state index contributed by atoms with van der Waals surface area (Å²) < 4.78 is 45.8. The summed E-state index contributed by atoms with van der Waals surface area (Å²) in [5.74, 6) is 1.85. The minimum atomic E-state index is -4.45. The van der Waals surface area contributed by atoms with Crippen molar-refractivity contribution in [3.63, 3.8) is 0 Å². The van der Waals surface area contributed by atoms with Gasteiger partial charge in [-0.25, -0.2) is 9.97 Å². The Morgan fingerprint density at radius 1 is 1.16 bits per heavy atom. The molecule has 0 aliphatic carbocycles. The smallest absolute Gasteiger partial charge is 0.416 e.